The number of nitro groups is 1. The van der Waals surface area contributed by atoms with E-state index in [4.69, 9.17) is 6.42 Å². The Morgan fingerprint density at radius 3 is 2.82 bits per heavy atom. The Hall–Kier alpha value is -3.39. The van der Waals surface area contributed by atoms with Crippen LogP contribution in [0.15, 0.2) is 53.5 Å². The smallest absolute Gasteiger partial charge is 0.270 e. The van der Waals surface area contributed by atoms with Gasteiger partial charge < -0.3 is 5.11 Å². The van der Waals surface area contributed by atoms with Gasteiger partial charge in [-0.1, -0.05) is 12.0 Å². The molecule has 0 bridgehead atoms. The van der Waals surface area contributed by atoms with Crippen LogP contribution in [0.5, 0.6) is 5.75 Å². The average Bonchev–Trinajstić information content (AvgIpc) is 2.53. The van der Waals surface area contributed by atoms with Gasteiger partial charge in [-0.2, -0.15) is 0 Å². The van der Waals surface area contributed by atoms with E-state index < -0.39 is 4.92 Å². The van der Waals surface area contributed by atoms with Gasteiger partial charge >= 0.3 is 0 Å². The minimum atomic E-state index is -0.518. The van der Waals surface area contributed by atoms with E-state index in [2.05, 4.69) is 10.9 Å². The normalized spacial score (nSPS) is 10.9. The third-order valence-corrected chi connectivity index (χ3v) is 2.82. The van der Waals surface area contributed by atoms with Gasteiger partial charge in [0.2, 0.25) is 0 Å². The van der Waals surface area contributed by atoms with Crippen molar-refractivity contribution in [1.29, 1.82) is 0 Å². The van der Waals surface area contributed by atoms with Crippen molar-refractivity contribution in [2.24, 2.45) is 4.99 Å². The fraction of sp³-hybridized carbons (Fsp3) is 0. The summed E-state index contributed by atoms with van der Waals surface area (Å²) in [7, 11) is 0. The molecule has 5 nitrogen and oxygen atoms in total. The Bertz CT molecular complexity index is 802. The first-order chi connectivity index (χ1) is 10.6. The monoisotopic (exact) mass is 292 g/mol. The lowest BCUT2D eigenvalue weighted by molar-refractivity contribution is -0.384. The molecule has 0 atom stereocenters. The molecule has 0 amide bonds. The molecule has 108 valence electrons. The molecule has 2 rings (SSSR count). The topological polar surface area (TPSA) is 75.7 Å². The van der Waals surface area contributed by atoms with Crippen molar-refractivity contribution in [1.82, 2.24) is 0 Å². The molecule has 0 radical (unpaired) electrons. The van der Waals surface area contributed by atoms with Gasteiger partial charge in [0, 0.05) is 29.5 Å². The highest BCUT2D eigenvalue weighted by Gasteiger charge is 2.07. The zero-order chi connectivity index (χ0) is 15.9. The summed E-state index contributed by atoms with van der Waals surface area (Å²) >= 11 is 0. The Kier molecular flexibility index (Phi) is 4.68. The fourth-order valence-electron chi connectivity index (χ4n) is 1.74. The van der Waals surface area contributed by atoms with E-state index in [0.29, 0.717) is 11.3 Å². The first kappa shape index (κ1) is 15.0. The highest BCUT2D eigenvalue weighted by molar-refractivity contribution is 5.81. The second kappa shape index (κ2) is 6.86. The van der Waals surface area contributed by atoms with Crippen LogP contribution >= 0.6 is 0 Å². The van der Waals surface area contributed by atoms with Crippen LogP contribution in [0, 0.1) is 22.5 Å². The molecule has 5 heteroatoms. The summed E-state index contributed by atoms with van der Waals surface area (Å²) in [5, 5.41) is 20.4. The molecule has 22 heavy (non-hydrogen) atoms. The number of phenolic OH excluding ortho intramolecular Hbond substituents is 1. The quantitative estimate of drug-likeness (QED) is 0.404. The number of allylic oxidation sites excluding steroid dienone is 1. The maximum atomic E-state index is 10.7. The van der Waals surface area contributed by atoms with Crippen LogP contribution in [0.25, 0.3) is 6.08 Å². The fourth-order valence-corrected chi connectivity index (χ4v) is 1.74. The molecule has 2 aromatic carbocycles. The largest absolute Gasteiger partial charge is 0.507 e. The van der Waals surface area contributed by atoms with E-state index in [1.807, 2.05) is 0 Å². The molecule has 0 aliphatic carbocycles. The van der Waals surface area contributed by atoms with E-state index in [1.54, 1.807) is 30.3 Å². The number of nitrogens with zero attached hydrogens (tertiary/aromatic N) is 2. The average molecular weight is 292 g/mol. The predicted octanol–water partition coefficient (Wildman–Crippen LogP) is 3.70. The van der Waals surface area contributed by atoms with Crippen LogP contribution in [-0.4, -0.2) is 16.2 Å². The number of hydrogen-bond acceptors (Lipinski definition) is 4. The van der Waals surface area contributed by atoms with E-state index in [0.717, 1.165) is 5.56 Å². The van der Waals surface area contributed by atoms with Gasteiger partial charge in [0.1, 0.15) is 5.75 Å². The number of non-ortho nitro benzene ring substituents is 1. The molecule has 0 heterocycles. The molecule has 0 spiro atoms. The number of aliphatic imine (C=N–C) groups is 1. The molecule has 0 aromatic heterocycles. The summed E-state index contributed by atoms with van der Waals surface area (Å²) in [6.45, 7) is 0. The zero-order valence-electron chi connectivity index (χ0n) is 11.5. The van der Waals surface area contributed by atoms with Crippen molar-refractivity contribution in [3.63, 3.8) is 0 Å². The van der Waals surface area contributed by atoms with E-state index in [9.17, 15) is 15.2 Å². The van der Waals surface area contributed by atoms with Crippen molar-refractivity contribution < 1.29 is 10.0 Å². The zero-order valence-corrected chi connectivity index (χ0v) is 11.5. The highest BCUT2D eigenvalue weighted by atomic mass is 16.6. The molecule has 0 aliphatic heterocycles. The van der Waals surface area contributed by atoms with Gasteiger partial charge in [0.25, 0.3) is 5.69 Å². The number of rotatable bonds is 4. The Morgan fingerprint density at radius 2 is 2.09 bits per heavy atom. The third kappa shape index (κ3) is 3.81. The maximum absolute atomic E-state index is 10.7. The summed E-state index contributed by atoms with van der Waals surface area (Å²) in [6.07, 6.45) is 9.95. The van der Waals surface area contributed by atoms with Gasteiger partial charge in [-0.3, -0.25) is 15.1 Å². The molecular weight excluding hydrogens is 280 g/mol. The summed E-state index contributed by atoms with van der Waals surface area (Å²) in [4.78, 5) is 14.4. The lowest BCUT2D eigenvalue weighted by Gasteiger charge is -1.98. The number of terminal acetylenes is 1. The molecule has 0 aliphatic rings. The summed E-state index contributed by atoms with van der Waals surface area (Å²) in [5.41, 5.74) is 1.69. The van der Waals surface area contributed by atoms with Gasteiger partial charge in [-0.05, 0) is 36.4 Å². The SMILES string of the molecule is C#Cc1cccc(/N=C/C=C/c2cc([N+](=O)[O-])ccc2O)c1. The second-order valence-corrected chi connectivity index (χ2v) is 4.33. The van der Waals surface area contributed by atoms with Gasteiger partial charge in [0.05, 0.1) is 10.6 Å². The van der Waals surface area contributed by atoms with Gasteiger partial charge in [-0.15, -0.1) is 6.42 Å². The van der Waals surface area contributed by atoms with E-state index in [-0.39, 0.29) is 11.4 Å². The molecule has 1 N–H and O–H groups in total. The molecular formula is C17H12N2O3. The Morgan fingerprint density at radius 1 is 1.27 bits per heavy atom. The van der Waals surface area contributed by atoms with E-state index in [1.165, 1.54) is 30.5 Å². The first-order valence-corrected chi connectivity index (χ1v) is 6.35. The minimum absolute atomic E-state index is 0.0374. The van der Waals surface area contributed by atoms with Crippen molar-refractivity contribution in [3.05, 3.63) is 69.8 Å². The summed E-state index contributed by atoms with van der Waals surface area (Å²) < 4.78 is 0. The van der Waals surface area contributed by atoms with Crippen molar-refractivity contribution in [3.8, 4) is 18.1 Å². The maximum Gasteiger partial charge on any atom is 0.270 e. The number of benzene rings is 2. The Balaban J connectivity index is 2.15. The molecule has 0 fully saturated rings. The van der Waals surface area contributed by atoms with Crippen molar-refractivity contribution in [2.45, 2.75) is 0 Å². The second-order valence-electron chi connectivity index (χ2n) is 4.33. The Labute approximate surface area is 127 Å². The van der Waals surface area contributed by atoms with Crippen molar-refractivity contribution in [2.75, 3.05) is 0 Å². The first-order valence-electron chi connectivity index (χ1n) is 6.35. The molecule has 2 aromatic rings. The van der Waals surface area contributed by atoms with Gasteiger partial charge in [-0.25, -0.2) is 0 Å². The van der Waals surface area contributed by atoms with Crippen LogP contribution in [0.4, 0.5) is 11.4 Å². The van der Waals surface area contributed by atoms with Crippen LogP contribution in [-0.2, 0) is 0 Å². The highest BCUT2D eigenvalue weighted by Crippen LogP contribution is 2.23. The van der Waals surface area contributed by atoms with Crippen LogP contribution in [0.3, 0.4) is 0 Å². The lowest BCUT2D eigenvalue weighted by Crippen LogP contribution is -1.88. The number of aromatic hydroxyl groups is 1. The van der Waals surface area contributed by atoms with Crippen LogP contribution in [0.1, 0.15) is 11.1 Å². The summed E-state index contributed by atoms with van der Waals surface area (Å²) in [5.74, 6) is 2.48. The van der Waals surface area contributed by atoms with Crippen LogP contribution < -0.4 is 0 Å². The number of hydrogen-bond donors (Lipinski definition) is 1. The molecule has 0 saturated heterocycles. The predicted molar refractivity (Wildman–Crippen MR) is 86.3 cm³/mol. The number of phenols is 1. The van der Waals surface area contributed by atoms with Gasteiger partial charge in [0.15, 0.2) is 0 Å². The van der Waals surface area contributed by atoms with Crippen molar-refractivity contribution >= 4 is 23.7 Å². The van der Waals surface area contributed by atoms with Crippen LogP contribution in [0.2, 0.25) is 0 Å². The van der Waals surface area contributed by atoms with E-state index >= 15 is 0 Å². The standard InChI is InChI=1S/C17H12N2O3/c1-2-13-5-3-7-15(11-13)18-10-4-6-14-12-16(19(21)22)8-9-17(14)20/h1,3-12,20H/b6-4+,18-10+. The third-order valence-electron chi connectivity index (χ3n) is 2.82. The minimum Gasteiger partial charge on any atom is -0.507 e. The summed E-state index contributed by atoms with van der Waals surface area (Å²) in [6, 6.07) is 11.0. The number of nitro benzene ring substituents is 1. The molecule has 0 unspecified atom stereocenters. The lowest BCUT2D eigenvalue weighted by atomic mass is 10.1. The molecule has 0 saturated carbocycles.